The van der Waals surface area contributed by atoms with Crippen molar-refractivity contribution in [1.29, 1.82) is 0 Å². The van der Waals surface area contributed by atoms with E-state index >= 15 is 0 Å². The predicted molar refractivity (Wildman–Crippen MR) is 170 cm³/mol. The number of ether oxygens (including phenoxy) is 4. The SMILES string of the molecule is COCOc1ccccc1-c1cc(N2C[C@H]3CC[C@H](C2)N3c2ccnc(OC3CC(Oc4ccc(Br)nc4)C3)c2)c(N)nn1. The molecule has 0 unspecified atom stereocenters. The topological polar surface area (TPSA) is 121 Å². The van der Waals surface area contributed by atoms with Crippen LogP contribution in [0, 0.1) is 0 Å². The van der Waals surface area contributed by atoms with Gasteiger partial charge in [0.25, 0.3) is 0 Å². The second-order valence-electron chi connectivity index (χ2n) is 11.4. The maximum absolute atomic E-state index is 6.40. The zero-order valence-corrected chi connectivity index (χ0v) is 26.0. The van der Waals surface area contributed by atoms with Crippen LogP contribution in [-0.4, -0.2) is 71.4 Å². The molecule has 2 bridgehead atoms. The molecule has 12 heteroatoms. The van der Waals surface area contributed by atoms with E-state index in [1.165, 1.54) is 0 Å². The van der Waals surface area contributed by atoms with Crippen molar-refractivity contribution in [3.8, 4) is 28.6 Å². The number of methoxy groups -OCH3 is 1. The van der Waals surface area contributed by atoms with Crippen LogP contribution in [0.25, 0.3) is 11.3 Å². The second-order valence-corrected chi connectivity index (χ2v) is 12.2. The van der Waals surface area contributed by atoms with E-state index in [2.05, 4.69) is 58.0 Å². The normalized spacial score (nSPS) is 22.4. The molecule has 1 aliphatic carbocycles. The Labute approximate surface area is 264 Å². The molecule has 3 fully saturated rings. The molecule has 0 amide bonds. The summed E-state index contributed by atoms with van der Waals surface area (Å²) in [4.78, 5) is 13.6. The number of piperazine rings is 1. The lowest BCUT2D eigenvalue weighted by molar-refractivity contribution is 0.00210. The molecule has 4 aromatic rings. The van der Waals surface area contributed by atoms with Crippen LogP contribution < -0.4 is 29.7 Å². The first-order valence-corrected chi connectivity index (χ1v) is 15.6. The van der Waals surface area contributed by atoms with Crippen LogP contribution in [0.3, 0.4) is 0 Å². The predicted octanol–water partition coefficient (Wildman–Crippen LogP) is 5.11. The van der Waals surface area contributed by atoms with Crippen molar-refractivity contribution in [3.05, 3.63) is 71.6 Å². The summed E-state index contributed by atoms with van der Waals surface area (Å²) >= 11 is 3.35. The Balaban J connectivity index is 1.01. The molecule has 2 saturated heterocycles. The zero-order chi connectivity index (χ0) is 30.0. The number of hydrogen-bond acceptors (Lipinski definition) is 11. The van der Waals surface area contributed by atoms with Crippen molar-refractivity contribution in [2.75, 3.05) is 42.5 Å². The quantitative estimate of drug-likeness (QED) is 0.181. The Morgan fingerprint density at radius 2 is 1.73 bits per heavy atom. The van der Waals surface area contributed by atoms with Gasteiger partial charge in [0, 0.05) is 68.6 Å². The molecule has 3 aromatic heterocycles. The highest BCUT2D eigenvalue weighted by atomic mass is 79.9. The molecule has 228 valence electrons. The van der Waals surface area contributed by atoms with Crippen LogP contribution in [0.5, 0.6) is 17.4 Å². The number of benzene rings is 1. The fourth-order valence-electron chi connectivity index (χ4n) is 6.35. The minimum absolute atomic E-state index is 0.0844. The summed E-state index contributed by atoms with van der Waals surface area (Å²) in [5.41, 5.74) is 9.99. The number of fused-ring (bicyclic) bond motifs is 2. The minimum Gasteiger partial charge on any atom is -0.489 e. The van der Waals surface area contributed by atoms with Crippen LogP contribution in [0.4, 0.5) is 17.2 Å². The molecule has 3 aliphatic rings. The molecular formula is C32H34BrN7O4. The average molecular weight is 661 g/mol. The van der Waals surface area contributed by atoms with Gasteiger partial charge in [0.2, 0.25) is 5.88 Å². The summed E-state index contributed by atoms with van der Waals surface area (Å²) in [6.45, 7) is 1.82. The summed E-state index contributed by atoms with van der Waals surface area (Å²) in [7, 11) is 1.60. The van der Waals surface area contributed by atoms with Gasteiger partial charge >= 0.3 is 0 Å². The van der Waals surface area contributed by atoms with Crippen molar-refractivity contribution in [2.45, 2.75) is 50.0 Å². The van der Waals surface area contributed by atoms with Crippen molar-refractivity contribution in [2.24, 2.45) is 0 Å². The molecule has 2 aliphatic heterocycles. The number of nitrogens with two attached hydrogens (primary N) is 1. The number of nitrogens with zero attached hydrogens (tertiary/aromatic N) is 6. The van der Waals surface area contributed by atoms with Crippen molar-refractivity contribution < 1.29 is 18.9 Å². The summed E-state index contributed by atoms with van der Waals surface area (Å²) in [6, 6.07) is 18.4. The van der Waals surface area contributed by atoms with E-state index in [1.807, 2.05) is 48.7 Å². The Morgan fingerprint density at radius 1 is 0.932 bits per heavy atom. The van der Waals surface area contributed by atoms with Gasteiger partial charge in [0.1, 0.15) is 28.3 Å². The van der Waals surface area contributed by atoms with Gasteiger partial charge in [-0.25, -0.2) is 9.97 Å². The summed E-state index contributed by atoms with van der Waals surface area (Å²) in [5.74, 6) is 2.54. The lowest BCUT2D eigenvalue weighted by atomic mass is 9.92. The van der Waals surface area contributed by atoms with Crippen LogP contribution in [0.15, 0.2) is 71.6 Å². The molecule has 5 heterocycles. The van der Waals surface area contributed by atoms with Gasteiger partial charge < -0.3 is 34.5 Å². The van der Waals surface area contributed by atoms with Gasteiger partial charge in [-0.1, -0.05) is 12.1 Å². The Hall–Kier alpha value is -4.16. The van der Waals surface area contributed by atoms with Gasteiger partial charge in [-0.2, -0.15) is 0 Å². The first kappa shape index (κ1) is 28.6. The highest BCUT2D eigenvalue weighted by Gasteiger charge is 2.41. The Bertz CT molecular complexity index is 1590. The Morgan fingerprint density at radius 3 is 2.50 bits per heavy atom. The second kappa shape index (κ2) is 12.4. The number of anilines is 3. The number of hydrogen-bond donors (Lipinski definition) is 1. The Kier molecular flexibility index (Phi) is 8.09. The van der Waals surface area contributed by atoms with Gasteiger partial charge in [0.15, 0.2) is 12.6 Å². The van der Waals surface area contributed by atoms with E-state index in [-0.39, 0.29) is 19.0 Å². The van der Waals surface area contributed by atoms with Crippen molar-refractivity contribution in [3.63, 3.8) is 0 Å². The lowest BCUT2D eigenvalue weighted by Crippen LogP contribution is -2.54. The molecule has 7 rings (SSSR count). The molecule has 1 aromatic carbocycles. The van der Waals surface area contributed by atoms with Crippen molar-refractivity contribution in [1.82, 2.24) is 20.2 Å². The van der Waals surface area contributed by atoms with Gasteiger partial charge in [-0.3, -0.25) is 0 Å². The molecule has 2 N–H and O–H groups in total. The van der Waals surface area contributed by atoms with E-state index in [1.54, 1.807) is 13.3 Å². The van der Waals surface area contributed by atoms with E-state index < -0.39 is 0 Å². The number of para-hydroxylation sites is 1. The summed E-state index contributed by atoms with van der Waals surface area (Å²) in [5, 5.41) is 8.73. The number of halogens is 1. The van der Waals surface area contributed by atoms with Gasteiger partial charge in [-0.05, 0) is 65.2 Å². The lowest BCUT2D eigenvalue weighted by Gasteiger charge is -2.43. The highest BCUT2D eigenvalue weighted by Crippen LogP contribution is 2.40. The number of rotatable bonds is 10. The molecule has 44 heavy (non-hydrogen) atoms. The zero-order valence-electron chi connectivity index (χ0n) is 24.4. The highest BCUT2D eigenvalue weighted by molar-refractivity contribution is 9.10. The number of nitrogen functional groups attached to an aromatic ring is 1. The van der Waals surface area contributed by atoms with E-state index in [0.29, 0.717) is 35.2 Å². The maximum Gasteiger partial charge on any atom is 0.215 e. The molecule has 11 nitrogen and oxygen atoms in total. The smallest absolute Gasteiger partial charge is 0.215 e. The molecule has 0 spiro atoms. The fraction of sp³-hybridized carbons (Fsp3) is 0.375. The largest absolute Gasteiger partial charge is 0.489 e. The van der Waals surface area contributed by atoms with Crippen LogP contribution in [0.1, 0.15) is 25.7 Å². The third-order valence-corrected chi connectivity index (χ3v) is 8.95. The van der Waals surface area contributed by atoms with Gasteiger partial charge in [-0.15, -0.1) is 10.2 Å². The standard InChI is InChI=1S/C32H34BrN7O4/c1-41-19-42-29-5-3-2-4-26(29)27-15-28(32(34)38-37-27)39-17-21-6-7-22(18-39)40(21)20-10-11-35-31(12-20)44-25-13-24(14-25)43-23-8-9-30(33)36-16-23/h2-5,8-12,15-16,21-22,24-25H,6-7,13-14,17-19H2,1H3,(H2,34,38)/t21-,22-,24?,25?/m1/s1. The van der Waals surface area contributed by atoms with Crippen LogP contribution in [-0.2, 0) is 4.74 Å². The number of aromatic nitrogens is 4. The summed E-state index contributed by atoms with van der Waals surface area (Å²) in [6.07, 6.45) is 7.62. The van der Waals surface area contributed by atoms with Crippen LogP contribution >= 0.6 is 15.9 Å². The maximum atomic E-state index is 6.40. The monoisotopic (exact) mass is 659 g/mol. The molecular weight excluding hydrogens is 626 g/mol. The van der Waals surface area contributed by atoms with E-state index in [0.717, 1.165) is 66.1 Å². The average Bonchev–Trinajstić information content (AvgIpc) is 3.29. The molecule has 2 atom stereocenters. The minimum atomic E-state index is 0.0844. The van der Waals surface area contributed by atoms with Gasteiger partial charge in [0.05, 0.1) is 17.6 Å². The fourth-order valence-corrected chi connectivity index (χ4v) is 6.59. The molecule has 0 radical (unpaired) electrons. The third kappa shape index (κ3) is 5.96. The summed E-state index contributed by atoms with van der Waals surface area (Å²) < 4.78 is 23.9. The first-order chi connectivity index (χ1) is 21.5. The van der Waals surface area contributed by atoms with E-state index in [9.17, 15) is 0 Å². The first-order valence-electron chi connectivity index (χ1n) is 14.8. The van der Waals surface area contributed by atoms with Crippen molar-refractivity contribution >= 4 is 33.1 Å². The van der Waals surface area contributed by atoms with Crippen LogP contribution in [0.2, 0.25) is 0 Å². The molecule has 1 saturated carbocycles. The number of pyridine rings is 2. The van der Waals surface area contributed by atoms with E-state index in [4.69, 9.17) is 24.7 Å². The third-order valence-electron chi connectivity index (χ3n) is 8.48.